The van der Waals surface area contributed by atoms with Gasteiger partial charge in [-0.25, -0.2) is 13.4 Å². The lowest BCUT2D eigenvalue weighted by molar-refractivity contribution is 0.363. The second-order valence-corrected chi connectivity index (χ2v) is 6.20. The Balaban J connectivity index is 3.10. The Morgan fingerprint density at radius 1 is 1.30 bits per heavy atom. The van der Waals surface area contributed by atoms with Crippen molar-refractivity contribution in [2.24, 2.45) is 0 Å². The van der Waals surface area contributed by atoms with Crippen molar-refractivity contribution >= 4 is 10.0 Å². The van der Waals surface area contributed by atoms with Crippen molar-refractivity contribution in [2.45, 2.75) is 18.2 Å². The Morgan fingerprint density at radius 3 is 2.55 bits per heavy atom. The molecule has 20 heavy (non-hydrogen) atoms. The molecule has 2 N–H and O–H groups in total. The highest BCUT2D eigenvalue weighted by Gasteiger charge is 2.19. The number of hydrogen-bond acceptors (Lipinski definition) is 5. The van der Waals surface area contributed by atoms with Gasteiger partial charge in [0.1, 0.15) is 5.75 Å². The normalized spacial score (nSPS) is 11.8. The number of sulfonamides is 1. The Morgan fingerprint density at radius 2 is 2.00 bits per heavy atom. The predicted octanol–water partition coefficient (Wildman–Crippen LogP) is 0.602. The molecule has 114 valence electrons. The molecule has 1 rings (SSSR count). The van der Waals surface area contributed by atoms with Crippen LogP contribution in [-0.4, -0.2) is 47.7 Å². The molecule has 0 atom stereocenters. The van der Waals surface area contributed by atoms with E-state index in [9.17, 15) is 8.42 Å². The molecule has 0 aliphatic carbocycles. The Labute approximate surface area is 121 Å². The van der Waals surface area contributed by atoms with Crippen LogP contribution in [0.1, 0.15) is 12.5 Å². The van der Waals surface area contributed by atoms with E-state index in [2.05, 4.69) is 10.1 Å². The lowest BCUT2D eigenvalue weighted by Gasteiger charge is -2.16. The molecule has 1 aromatic rings. The van der Waals surface area contributed by atoms with E-state index < -0.39 is 10.0 Å². The SMILES string of the molecule is CCNCCc1cc(OC)ccc1S(=O)(=O)NN(C)C. The van der Waals surface area contributed by atoms with Gasteiger partial charge in [0.25, 0.3) is 10.0 Å². The van der Waals surface area contributed by atoms with Gasteiger partial charge in [-0.3, -0.25) is 0 Å². The van der Waals surface area contributed by atoms with Crippen molar-refractivity contribution in [1.82, 2.24) is 15.2 Å². The maximum atomic E-state index is 12.3. The van der Waals surface area contributed by atoms with Gasteiger partial charge in [-0.15, -0.1) is 4.83 Å². The zero-order chi connectivity index (χ0) is 15.2. The van der Waals surface area contributed by atoms with E-state index in [-0.39, 0.29) is 4.90 Å². The van der Waals surface area contributed by atoms with E-state index in [1.54, 1.807) is 39.4 Å². The van der Waals surface area contributed by atoms with Crippen molar-refractivity contribution in [1.29, 1.82) is 0 Å². The standard InChI is InChI=1S/C13H23N3O3S/c1-5-14-9-8-11-10-12(19-4)6-7-13(11)20(17,18)15-16(2)3/h6-7,10,14-15H,5,8-9H2,1-4H3. The van der Waals surface area contributed by atoms with Gasteiger partial charge in [0, 0.05) is 14.1 Å². The Hall–Kier alpha value is -1.15. The Bertz CT molecular complexity index is 530. The summed E-state index contributed by atoms with van der Waals surface area (Å²) in [5, 5.41) is 4.60. The van der Waals surface area contributed by atoms with Crippen LogP contribution >= 0.6 is 0 Å². The summed E-state index contributed by atoms with van der Waals surface area (Å²) in [7, 11) is 1.28. The first-order chi connectivity index (χ1) is 9.40. The van der Waals surface area contributed by atoms with Gasteiger partial charge in [0.05, 0.1) is 12.0 Å². The monoisotopic (exact) mass is 301 g/mol. The maximum absolute atomic E-state index is 12.3. The molecule has 0 aliphatic heterocycles. The molecule has 1 aromatic carbocycles. The van der Waals surface area contributed by atoms with Crippen LogP contribution in [0, 0.1) is 0 Å². The highest BCUT2D eigenvalue weighted by atomic mass is 32.2. The second kappa shape index (κ2) is 7.58. The van der Waals surface area contributed by atoms with E-state index >= 15 is 0 Å². The third-order valence-electron chi connectivity index (χ3n) is 2.68. The molecule has 0 saturated heterocycles. The number of ether oxygens (including phenoxy) is 1. The van der Waals surface area contributed by atoms with Crippen LogP contribution in [0.15, 0.2) is 23.1 Å². The summed E-state index contributed by atoms with van der Waals surface area (Å²) < 4.78 is 29.7. The summed E-state index contributed by atoms with van der Waals surface area (Å²) in [5.41, 5.74) is 0.736. The summed E-state index contributed by atoms with van der Waals surface area (Å²) >= 11 is 0. The third-order valence-corrected chi connectivity index (χ3v) is 4.26. The van der Waals surface area contributed by atoms with Crippen molar-refractivity contribution in [3.8, 4) is 5.75 Å². The third kappa shape index (κ3) is 4.75. The highest BCUT2D eigenvalue weighted by molar-refractivity contribution is 7.89. The van der Waals surface area contributed by atoms with Crippen LogP contribution in [0.4, 0.5) is 0 Å². The molecule has 0 saturated carbocycles. The van der Waals surface area contributed by atoms with Gasteiger partial charge in [0.15, 0.2) is 0 Å². The van der Waals surface area contributed by atoms with Crippen LogP contribution < -0.4 is 14.9 Å². The lowest BCUT2D eigenvalue weighted by atomic mass is 10.1. The first-order valence-corrected chi connectivity index (χ1v) is 7.96. The largest absolute Gasteiger partial charge is 0.497 e. The summed E-state index contributed by atoms with van der Waals surface area (Å²) in [6.07, 6.45) is 0.620. The average molecular weight is 301 g/mol. The molecule has 0 aromatic heterocycles. The van der Waals surface area contributed by atoms with Crippen molar-refractivity contribution < 1.29 is 13.2 Å². The van der Waals surface area contributed by atoms with Crippen LogP contribution in [-0.2, 0) is 16.4 Å². The van der Waals surface area contributed by atoms with Crippen LogP contribution in [0.2, 0.25) is 0 Å². The summed E-state index contributed by atoms with van der Waals surface area (Å²) in [6.45, 7) is 3.58. The van der Waals surface area contributed by atoms with Crippen LogP contribution in [0.25, 0.3) is 0 Å². The maximum Gasteiger partial charge on any atom is 0.253 e. The van der Waals surface area contributed by atoms with Gasteiger partial charge in [-0.2, -0.15) is 0 Å². The number of nitrogens with one attached hydrogen (secondary N) is 2. The van der Waals surface area contributed by atoms with Crippen molar-refractivity contribution in [3.05, 3.63) is 23.8 Å². The fraction of sp³-hybridized carbons (Fsp3) is 0.538. The minimum atomic E-state index is -3.56. The predicted molar refractivity (Wildman–Crippen MR) is 79.3 cm³/mol. The molecule has 0 radical (unpaired) electrons. The number of hydrazine groups is 1. The number of nitrogens with zero attached hydrogens (tertiary/aromatic N) is 1. The minimum Gasteiger partial charge on any atom is -0.497 e. The quantitative estimate of drug-likeness (QED) is 0.543. The zero-order valence-electron chi connectivity index (χ0n) is 12.4. The number of methoxy groups -OCH3 is 1. The molecule has 0 amide bonds. The molecule has 0 aliphatic rings. The van der Waals surface area contributed by atoms with Crippen molar-refractivity contribution in [3.63, 3.8) is 0 Å². The topological polar surface area (TPSA) is 70.7 Å². The summed E-state index contributed by atoms with van der Waals surface area (Å²) in [4.78, 5) is 2.73. The second-order valence-electron chi connectivity index (χ2n) is 4.57. The van der Waals surface area contributed by atoms with Gasteiger partial charge in [0.2, 0.25) is 0 Å². The molecule has 0 heterocycles. The molecule has 0 fully saturated rings. The fourth-order valence-corrected chi connectivity index (χ4v) is 3.16. The van der Waals surface area contributed by atoms with Gasteiger partial charge in [-0.05, 0) is 43.3 Å². The number of rotatable bonds is 8. The van der Waals surface area contributed by atoms with Gasteiger partial charge in [-0.1, -0.05) is 6.92 Å². The molecule has 7 heteroatoms. The number of hydrogen-bond donors (Lipinski definition) is 2. The number of benzene rings is 1. The van der Waals surface area contributed by atoms with E-state index in [4.69, 9.17) is 4.74 Å². The first-order valence-electron chi connectivity index (χ1n) is 6.48. The molecule has 0 spiro atoms. The molecular formula is C13H23N3O3S. The van der Waals surface area contributed by atoms with Crippen LogP contribution in [0.3, 0.4) is 0 Å². The summed E-state index contributed by atoms with van der Waals surface area (Å²) in [6, 6.07) is 4.99. The van der Waals surface area contributed by atoms with E-state index in [0.717, 1.165) is 12.1 Å². The zero-order valence-corrected chi connectivity index (χ0v) is 13.3. The first kappa shape index (κ1) is 16.9. The molecule has 6 nitrogen and oxygen atoms in total. The Kier molecular flexibility index (Phi) is 6.41. The van der Waals surface area contributed by atoms with Gasteiger partial charge >= 0.3 is 0 Å². The van der Waals surface area contributed by atoms with Crippen molar-refractivity contribution in [2.75, 3.05) is 34.3 Å². The highest BCUT2D eigenvalue weighted by Crippen LogP contribution is 2.22. The summed E-state index contributed by atoms with van der Waals surface area (Å²) in [5.74, 6) is 0.653. The number of likely N-dealkylation sites (N-methyl/N-ethyl adjacent to an activating group) is 1. The van der Waals surface area contributed by atoms with Crippen LogP contribution in [0.5, 0.6) is 5.75 Å². The minimum absolute atomic E-state index is 0.282. The molecule has 0 bridgehead atoms. The fourth-order valence-electron chi connectivity index (χ4n) is 1.83. The van der Waals surface area contributed by atoms with Gasteiger partial charge < -0.3 is 10.1 Å². The van der Waals surface area contributed by atoms with E-state index in [1.165, 1.54) is 5.01 Å². The van der Waals surface area contributed by atoms with E-state index in [0.29, 0.717) is 18.7 Å². The lowest BCUT2D eigenvalue weighted by Crippen LogP contribution is -2.36. The van der Waals surface area contributed by atoms with E-state index in [1.807, 2.05) is 6.92 Å². The molecule has 0 unspecified atom stereocenters. The molecular weight excluding hydrogens is 278 g/mol. The average Bonchev–Trinajstić information content (AvgIpc) is 2.37. The smallest absolute Gasteiger partial charge is 0.253 e.